The van der Waals surface area contributed by atoms with Crippen LogP contribution in [0.3, 0.4) is 0 Å². The van der Waals surface area contributed by atoms with Crippen LogP contribution in [0.4, 0.5) is 41.5 Å². The van der Waals surface area contributed by atoms with Crippen LogP contribution < -0.4 is 10.2 Å². The highest BCUT2D eigenvalue weighted by Crippen LogP contribution is 2.36. The Kier molecular flexibility index (Phi) is 8.97. The smallest absolute Gasteiger partial charge is 0.345 e. The normalized spacial score (nSPS) is 12.0. The van der Waals surface area contributed by atoms with Gasteiger partial charge in [0.1, 0.15) is 5.82 Å². The summed E-state index contributed by atoms with van der Waals surface area (Å²) < 4.78 is 94.1. The molecule has 0 saturated heterocycles. The van der Waals surface area contributed by atoms with E-state index >= 15 is 0 Å². The molecule has 0 bridgehead atoms. The van der Waals surface area contributed by atoms with Gasteiger partial charge < -0.3 is 19.7 Å². The Morgan fingerprint density at radius 1 is 0.857 bits per heavy atom. The fraction of sp³-hybridized carbons (Fsp3) is 0.310. The molecule has 2 amide bonds. The molecular formula is C29H28F7N5O. The first kappa shape index (κ1) is 30.7. The second-order valence-electron chi connectivity index (χ2n) is 9.88. The zero-order valence-electron chi connectivity index (χ0n) is 22.7. The molecule has 0 saturated carbocycles. The van der Waals surface area contributed by atoms with Crippen molar-refractivity contribution in [1.82, 2.24) is 19.8 Å². The zero-order chi connectivity index (χ0) is 30.7. The van der Waals surface area contributed by atoms with Gasteiger partial charge in [-0.15, -0.1) is 0 Å². The number of halogens is 7. The number of para-hydroxylation sites is 2. The van der Waals surface area contributed by atoms with Crippen LogP contribution in [0.2, 0.25) is 0 Å². The van der Waals surface area contributed by atoms with E-state index in [1.807, 2.05) is 40.8 Å². The highest BCUT2D eigenvalue weighted by Gasteiger charge is 2.36. The first-order chi connectivity index (χ1) is 19.7. The third-order valence-electron chi connectivity index (χ3n) is 6.65. The minimum Gasteiger partial charge on any atom is -0.345 e. The maximum Gasteiger partial charge on any atom is 0.416 e. The number of aromatic nitrogens is 2. The summed E-state index contributed by atoms with van der Waals surface area (Å²) in [7, 11) is 3.32. The number of rotatable bonds is 9. The van der Waals surface area contributed by atoms with Crippen molar-refractivity contribution in [2.75, 3.05) is 32.1 Å². The summed E-state index contributed by atoms with van der Waals surface area (Å²) in [5, 5.41) is 2.38. The molecule has 1 N–H and O–H groups in total. The lowest BCUT2D eigenvalue weighted by Gasteiger charge is -2.23. The fourth-order valence-corrected chi connectivity index (χ4v) is 4.46. The topological polar surface area (TPSA) is 53.4 Å². The Balaban J connectivity index is 1.37. The molecule has 0 unspecified atom stereocenters. The molecule has 0 spiro atoms. The first-order valence-electron chi connectivity index (χ1n) is 12.9. The lowest BCUT2D eigenvalue weighted by molar-refractivity contribution is -0.143. The van der Waals surface area contributed by atoms with Crippen LogP contribution in [0, 0.1) is 5.82 Å². The maximum absolute atomic E-state index is 13.4. The van der Waals surface area contributed by atoms with Gasteiger partial charge in [0, 0.05) is 33.7 Å². The number of nitrogens with zero attached hydrogens (tertiary/aromatic N) is 4. The molecule has 224 valence electrons. The number of amides is 2. The Morgan fingerprint density at radius 3 is 2.10 bits per heavy atom. The summed E-state index contributed by atoms with van der Waals surface area (Å²) in [6.07, 6.45) is -9.45. The van der Waals surface area contributed by atoms with E-state index in [-0.39, 0.29) is 24.0 Å². The van der Waals surface area contributed by atoms with Gasteiger partial charge >= 0.3 is 18.4 Å². The fourth-order valence-electron chi connectivity index (χ4n) is 4.46. The number of hydrogen-bond donors (Lipinski definition) is 1. The number of carbonyl (C=O) groups is 1. The van der Waals surface area contributed by atoms with Crippen LogP contribution in [-0.2, 0) is 25.4 Å². The molecule has 4 aromatic rings. The summed E-state index contributed by atoms with van der Waals surface area (Å²) in [5.41, 5.74) is -0.649. The van der Waals surface area contributed by atoms with Gasteiger partial charge in [-0.1, -0.05) is 24.3 Å². The number of urea groups is 1. The molecule has 0 aliphatic carbocycles. The van der Waals surface area contributed by atoms with Gasteiger partial charge in [0.15, 0.2) is 0 Å². The SMILES string of the molecule is CN(CCCN(C)c1nc2ccccc2n1Cc1ccc(F)cc1)C(=O)NCc1cc(C(F)(F)F)cc(C(F)(F)F)c1. The number of benzene rings is 3. The largest absolute Gasteiger partial charge is 0.416 e. The molecule has 0 fully saturated rings. The molecule has 6 nitrogen and oxygen atoms in total. The average Bonchev–Trinajstić information content (AvgIpc) is 3.30. The van der Waals surface area contributed by atoms with E-state index in [1.54, 1.807) is 12.1 Å². The van der Waals surface area contributed by atoms with Crippen LogP contribution in [0.5, 0.6) is 0 Å². The lowest BCUT2D eigenvalue weighted by Crippen LogP contribution is -2.38. The first-order valence-corrected chi connectivity index (χ1v) is 12.9. The van der Waals surface area contributed by atoms with Gasteiger partial charge in [-0.05, 0) is 60.0 Å². The highest BCUT2D eigenvalue weighted by molar-refractivity contribution is 5.79. The number of nitrogens with one attached hydrogen (secondary N) is 1. The van der Waals surface area contributed by atoms with E-state index in [9.17, 15) is 35.5 Å². The summed E-state index contributed by atoms with van der Waals surface area (Å²) in [6, 6.07) is 14.3. The van der Waals surface area contributed by atoms with Gasteiger partial charge in [-0.3, -0.25) is 0 Å². The lowest BCUT2D eigenvalue weighted by atomic mass is 10.0. The van der Waals surface area contributed by atoms with Crippen molar-refractivity contribution < 1.29 is 35.5 Å². The van der Waals surface area contributed by atoms with Crippen molar-refractivity contribution in [3.8, 4) is 0 Å². The Bertz CT molecular complexity index is 1500. The molecule has 0 aliphatic heterocycles. The zero-order valence-corrected chi connectivity index (χ0v) is 22.7. The monoisotopic (exact) mass is 595 g/mol. The van der Waals surface area contributed by atoms with Crippen molar-refractivity contribution in [3.05, 3.63) is 94.8 Å². The van der Waals surface area contributed by atoms with Gasteiger partial charge in [0.2, 0.25) is 5.95 Å². The van der Waals surface area contributed by atoms with E-state index in [1.165, 1.54) is 24.1 Å². The number of hydrogen-bond acceptors (Lipinski definition) is 3. The molecule has 0 radical (unpaired) electrons. The molecule has 13 heteroatoms. The molecule has 42 heavy (non-hydrogen) atoms. The predicted octanol–water partition coefficient (Wildman–Crippen LogP) is 6.93. The Morgan fingerprint density at radius 2 is 1.48 bits per heavy atom. The quantitative estimate of drug-likeness (QED) is 0.214. The number of carbonyl (C=O) groups excluding carboxylic acids is 1. The molecule has 1 aromatic heterocycles. The van der Waals surface area contributed by atoms with E-state index < -0.39 is 36.1 Å². The highest BCUT2D eigenvalue weighted by atomic mass is 19.4. The Labute approximate surface area is 237 Å². The summed E-state index contributed by atoms with van der Waals surface area (Å²) in [6.45, 7) is 0.676. The van der Waals surface area contributed by atoms with Crippen LogP contribution in [0.25, 0.3) is 11.0 Å². The minimum absolute atomic E-state index is 0.0435. The summed E-state index contributed by atoms with van der Waals surface area (Å²) in [5.74, 6) is 0.332. The van der Waals surface area contributed by atoms with Crippen LogP contribution in [0.15, 0.2) is 66.7 Å². The third-order valence-corrected chi connectivity index (χ3v) is 6.65. The van der Waals surface area contributed by atoms with E-state index in [2.05, 4.69) is 5.32 Å². The van der Waals surface area contributed by atoms with Crippen LogP contribution >= 0.6 is 0 Å². The van der Waals surface area contributed by atoms with Gasteiger partial charge in [0.25, 0.3) is 0 Å². The molecule has 4 rings (SSSR count). The predicted molar refractivity (Wildman–Crippen MR) is 144 cm³/mol. The molecule has 0 atom stereocenters. The number of imidazole rings is 1. The van der Waals surface area contributed by atoms with Crippen LogP contribution in [-0.4, -0.2) is 47.7 Å². The van der Waals surface area contributed by atoms with Crippen LogP contribution in [0.1, 0.15) is 28.7 Å². The molecule has 3 aromatic carbocycles. The van der Waals surface area contributed by atoms with E-state index in [0.717, 1.165) is 16.6 Å². The number of fused-ring (bicyclic) bond motifs is 1. The van der Waals surface area contributed by atoms with Crippen molar-refractivity contribution >= 4 is 23.0 Å². The van der Waals surface area contributed by atoms with Crippen molar-refractivity contribution in [2.24, 2.45) is 0 Å². The van der Waals surface area contributed by atoms with Gasteiger partial charge in [0.05, 0.1) is 28.7 Å². The van der Waals surface area contributed by atoms with E-state index in [0.29, 0.717) is 37.6 Å². The van der Waals surface area contributed by atoms with E-state index in [4.69, 9.17) is 4.98 Å². The maximum atomic E-state index is 13.4. The van der Waals surface area contributed by atoms with Gasteiger partial charge in [-0.2, -0.15) is 26.3 Å². The molecule has 0 aliphatic rings. The average molecular weight is 596 g/mol. The van der Waals surface area contributed by atoms with Crippen molar-refractivity contribution in [1.29, 1.82) is 0 Å². The number of anilines is 1. The number of alkyl halides is 6. The Hall–Kier alpha value is -4.29. The third kappa shape index (κ3) is 7.51. The second-order valence-corrected chi connectivity index (χ2v) is 9.88. The molecule has 1 heterocycles. The summed E-state index contributed by atoms with van der Waals surface area (Å²) in [4.78, 5) is 20.5. The van der Waals surface area contributed by atoms with Crippen molar-refractivity contribution in [2.45, 2.75) is 31.9 Å². The molecular weight excluding hydrogens is 567 g/mol. The standard InChI is InChI=1S/C29H28F7N5O/c1-39(26-38-24-6-3-4-7-25(24)41(26)18-19-8-10-23(30)11-9-19)12-5-13-40(2)27(42)37-17-20-14-21(28(31,32)33)16-22(15-20)29(34,35)36/h3-4,6-11,14-16H,5,12-13,17-18H2,1-2H3,(H,37,42). The minimum atomic E-state index is -4.97. The summed E-state index contributed by atoms with van der Waals surface area (Å²) >= 11 is 0. The van der Waals surface area contributed by atoms with Crippen molar-refractivity contribution in [3.63, 3.8) is 0 Å². The van der Waals surface area contributed by atoms with Gasteiger partial charge in [-0.25, -0.2) is 14.2 Å². The second kappa shape index (κ2) is 12.3.